The van der Waals surface area contributed by atoms with E-state index in [4.69, 9.17) is 5.11 Å². The maximum absolute atomic E-state index is 8.71. The molecule has 1 aromatic heterocycles. The predicted molar refractivity (Wildman–Crippen MR) is 53.3 cm³/mol. The Labute approximate surface area is 83.8 Å². The molecule has 1 N–H and O–H groups in total. The van der Waals surface area contributed by atoms with Gasteiger partial charge in [-0.3, -0.25) is 0 Å². The molecule has 0 atom stereocenters. The van der Waals surface area contributed by atoms with Crippen molar-refractivity contribution in [3.8, 4) is 11.8 Å². The minimum atomic E-state index is -0.00335. The summed E-state index contributed by atoms with van der Waals surface area (Å²) in [5, 5.41) is 12.2. The monoisotopic (exact) mass is 245 g/mol. The van der Waals surface area contributed by atoms with Crippen molar-refractivity contribution >= 4 is 27.3 Å². The topological polar surface area (TPSA) is 33.1 Å². The van der Waals surface area contributed by atoms with Crippen molar-refractivity contribution in [3.05, 3.63) is 16.1 Å². The first-order valence-corrected chi connectivity index (χ1v) is 5.47. The molecule has 0 bridgehead atoms. The van der Waals surface area contributed by atoms with Crippen molar-refractivity contribution in [1.82, 2.24) is 4.98 Å². The zero-order valence-electron chi connectivity index (χ0n) is 6.38. The lowest BCUT2D eigenvalue weighted by atomic mass is 10.5. The molecule has 0 aliphatic carbocycles. The zero-order valence-corrected chi connectivity index (χ0v) is 8.78. The van der Waals surface area contributed by atoms with E-state index in [1.165, 1.54) is 11.3 Å². The summed E-state index contributed by atoms with van der Waals surface area (Å²) in [5.74, 6) is 5.87. The Kier molecular flexibility index (Phi) is 4.30. The van der Waals surface area contributed by atoms with E-state index in [-0.39, 0.29) is 6.61 Å². The summed E-state index contributed by atoms with van der Waals surface area (Å²) in [6, 6.07) is 0. The normalized spacial score (nSPS) is 9.17. The minimum absolute atomic E-state index is 0.00335. The molecular weight excluding hydrogens is 238 g/mol. The van der Waals surface area contributed by atoms with Crippen LogP contribution in [0, 0.1) is 11.8 Å². The number of nitrogens with zero attached hydrogens (tertiary/aromatic N) is 1. The van der Waals surface area contributed by atoms with Crippen molar-refractivity contribution in [2.75, 3.05) is 5.33 Å². The van der Waals surface area contributed by atoms with Gasteiger partial charge in [-0.15, -0.1) is 11.3 Å². The summed E-state index contributed by atoms with van der Waals surface area (Å²) in [4.78, 5) is 4.08. The molecule has 1 rings (SSSR count). The molecule has 0 radical (unpaired) electrons. The van der Waals surface area contributed by atoms with Crippen LogP contribution in [-0.4, -0.2) is 15.4 Å². The van der Waals surface area contributed by atoms with Gasteiger partial charge in [-0.25, -0.2) is 4.98 Å². The van der Waals surface area contributed by atoms with Crippen LogP contribution in [0.5, 0.6) is 0 Å². The number of aliphatic hydroxyl groups is 1. The first-order valence-electron chi connectivity index (χ1n) is 3.47. The molecule has 4 heteroatoms. The van der Waals surface area contributed by atoms with Gasteiger partial charge in [0.1, 0.15) is 0 Å². The van der Waals surface area contributed by atoms with Crippen LogP contribution in [-0.2, 0) is 6.61 Å². The summed E-state index contributed by atoms with van der Waals surface area (Å²) in [7, 11) is 0. The summed E-state index contributed by atoms with van der Waals surface area (Å²) in [6.07, 6.45) is 0.827. The van der Waals surface area contributed by atoms with Gasteiger partial charge < -0.3 is 5.11 Å². The second-order valence-corrected chi connectivity index (χ2v) is 3.69. The third-order valence-electron chi connectivity index (χ3n) is 1.13. The van der Waals surface area contributed by atoms with Crippen molar-refractivity contribution in [1.29, 1.82) is 0 Å². The van der Waals surface area contributed by atoms with E-state index in [2.05, 4.69) is 32.8 Å². The van der Waals surface area contributed by atoms with Gasteiger partial charge in [0.05, 0.1) is 12.3 Å². The second-order valence-electron chi connectivity index (χ2n) is 2.04. The number of hydrogen-bond donors (Lipinski definition) is 1. The summed E-state index contributed by atoms with van der Waals surface area (Å²) < 4.78 is 0. The number of rotatable bonds is 2. The van der Waals surface area contributed by atoms with Crippen molar-refractivity contribution in [3.63, 3.8) is 0 Å². The molecule has 0 amide bonds. The maximum atomic E-state index is 8.71. The van der Waals surface area contributed by atoms with E-state index in [0.29, 0.717) is 5.69 Å². The van der Waals surface area contributed by atoms with Crippen molar-refractivity contribution in [2.24, 2.45) is 0 Å². The first kappa shape index (κ1) is 9.72. The van der Waals surface area contributed by atoms with Crippen LogP contribution in [0.2, 0.25) is 0 Å². The Bertz CT molecular complexity index is 299. The molecule has 2 nitrogen and oxygen atoms in total. The van der Waals surface area contributed by atoms with E-state index < -0.39 is 0 Å². The molecule has 0 saturated heterocycles. The van der Waals surface area contributed by atoms with E-state index in [1.54, 1.807) is 0 Å². The molecule has 0 fully saturated rings. The van der Waals surface area contributed by atoms with Crippen LogP contribution in [0.1, 0.15) is 17.1 Å². The highest BCUT2D eigenvalue weighted by atomic mass is 79.9. The Morgan fingerprint density at radius 2 is 2.50 bits per heavy atom. The fourth-order valence-corrected chi connectivity index (χ4v) is 1.50. The fraction of sp³-hybridized carbons (Fsp3) is 0.375. The Morgan fingerprint density at radius 3 is 3.08 bits per heavy atom. The first-order chi connectivity index (χ1) is 5.86. The standard InChI is InChI=1S/C8H8BrNOS/c9-4-2-1-3-8-10-7(5-11)6-12-8/h6,11H,2,4-5H2. The van der Waals surface area contributed by atoms with Crippen molar-refractivity contribution in [2.45, 2.75) is 13.0 Å². The highest BCUT2D eigenvalue weighted by molar-refractivity contribution is 9.09. The highest BCUT2D eigenvalue weighted by Gasteiger charge is 1.95. The summed E-state index contributed by atoms with van der Waals surface area (Å²) in [5.41, 5.74) is 0.697. The summed E-state index contributed by atoms with van der Waals surface area (Å²) in [6.45, 7) is -0.00335. The molecule has 0 saturated carbocycles. The Hall–Kier alpha value is -0.370. The van der Waals surface area contributed by atoms with Crippen LogP contribution in [0.4, 0.5) is 0 Å². The van der Waals surface area contributed by atoms with Crippen molar-refractivity contribution < 1.29 is 5.11 Å². The second kappa shape index (κ2) is 5.31. The third-order valence-corrected chi connectivity index (χ3v) is 2.33. The lowest BCUT2D eigenvalue weighted by Crippen LogP contribution is -1.81. The van der Waals surface area contributed by atoms with E-state index in [9.17, 15) is 0 Å². The minimum Gasteiger partial charge on any atom is -0.390 e. The molecule has 0 aromatic carbocycles. The molecule has 1 aromatic rings. The summed E-state index contributed by atoms with van der Waals surface area (Å²) >= 11 is 4.75. The van der Waals surface area contributed by atoms with Crippen LogP contribution in [0.3, 0.4) is 0 Å². The molecule has 1 heterocycles. The number of aliphatic hydroxyl groups excluding tert-OH is 1. The SMILES string of the molecule is OCc1csc(C#CCCBr)n1. The van der Waals surface area contributed by atoms with Crippen LogP contribution in [0.25, 0.3) is 0 Å². The van der Waals surface area contributed by atoms with Gasteiger partial charge in [0.2, 0.25) is 0 Å². The molecule has 64 valence electrons. The van der Waals surface area contributed by atoms with E-state index >= 15 is 0 Å². The maximum Gasteiger partial charge on any atom is 0.167 e. The Morgan fingerprint density at radius 1 is 1.67 bits per heavy atom. The molecule has 0 unspecified atom stereocenters. The number of hydrogen-bond acceptors (Lipinski definition) is 3. The quantitative estimate of drug-likeness (QED) is 0.637. The fourth-order valence-electron chi connectivity index (χ4n) is 0.622. The largest absolute Gasteiger partial charge is 0.390 e. The highest BCUT2D eigenvalue weighted by Crippen LogP contribution is 2.07. The lowest BCUT2D eigenvalue weighted by molar-refractivity contribution is 0.277. The molecule has 0 aliphatic rings. The van der Waals surface area contributed by atoms with Gasteiger partial charge in [0.15, 0.2) is 5.01 Å². The smallest absolute Gasteiger partial charge is 0.167 e. The van der Waals surface area contributed by atoms with Gasteiger partial charge >= 0.3 is 0 Å². The van der Waals surface area contributed by atoms with E-state index in [1.807, 2.05) is 5.38 Å². The van der Waals surface area contributed by atoms with Crippen LogP contribution < -0.4 is 0 Å². The van der Waals surface area contributed by atoms with E-state index in [0.717, 1.165) is 16.8 Å². The molecule has 12 heavy (non-hydrogen) atoms. The molecule has 0 aliphatic heterocycles. The van der Waals surface area contributed by atoms with Gasteiger partial charge in [0.25, 0.3) is 0 Å². The number of thiazole rings is 1. The van der Waals surface area contributed by atoms with Gasteiger partial charge in [-0.05, 0) is 5.92 Å². The third kappa shape index (κ3) is 2.94. The molecule has 0 spiro atoms. The number of halogens is 1. The van der Waals surface area contributed by atoms with Crippen LogP contribution >= 0.6 is 27.3 Å². The van der Waals surface area contributed by atoms with Gasteiger partial charge in [0, 0.05) is 17.1 Å². The zero-order chi connectivity index (χ0) is 8.81. The van der Waals surface area contributed by atoms with Gasteiger partial charge in [-0.2, -0.15) is 0 Å². The predicted octanol–water partition coefficient (Wildman–Crippen LogP) is 1.77. The van der Waals surface area contributed by atoms with Gasteiger partial charge in [-0.1, -0.05) is 21.9 Å². The average molecular weight is 246 g/mol. The number of alkyl halides is 1. The number of aromatic nitrogens is 1. The molecular formula is C8H8BrNOS. The lowest BCUT2D eigenvalue weighted by Gasteiger charge is -1.80. The van der Waals surface area contributed by atoms with Crippen LogP contribution in [0.15, 0.2) is 5.38 Å². The Balaban J connectivity index is 2.59. The average Bonchev–Trinajstić information content (AvgIpc) is 2.53.